The first-order valence-electron chi connectivity index (χ1n) is 9.89. The molecule has 5 nitrogen and oxygen atoms in total. The summed E-state index contributed by atoms with van der Waals surface area (Å²) in [6.45, 7) is 4.96. The fraction of sp³-hybridized carbons (Fsp3) is 0.208. The zero-order valence-corrected chi connectivity index (χ0v) is 20.5. The minimum Gasteiger partial charge on any atom is -0.490 e. The van der Waals surface area contributed by atoms with Gasteiger partial charge in [-0.2, -0.15) is 0 Å². The highest BCUT2D eigenvalue weighted by molar-refractivity contribution is 9.10. The molecule has 0 unspecified atom stereocenters. The number of rotatable bonds is 9. The molecule has 2 N–H and O–H groups in total. The molecule has 0 bridgehead atoms. The van der Waals surface area contributed by atoms with Crippen LogP contribution in [0, 0.1) is 6.92 Å². The SMILES string of the molecule is CCOc1cc(CNc2ccc(Br)cc2C)cc(Br)c1OCC(=O)Nc1ccccc1. The van der Waals surface area contributed by atoms with Gasteiger partial charge in [0.05, 0.1) is 11.1 Å². The molecule has 0 fully saturated rings. The van der Waals surface area contributed by atoms with Crippen LogP contribution < -0.4 is 20.1 Å². The number of aryl methyl sites for hydroxylation is 1. The van der Waals surface area contributed by atoms with E-state index in [2.05, 4.69) is 55.5 Å². The lowest BCUT2D eigenvalue weighted by atomic mass is 10.1. The standard InChI is InChI=1S/C24H24Br2N2O3/c1-3-30-22-13-17(14-27-21-10-9-18(25)11-16(21)2)12-20(26)24(22)31-15-23(29)28-19-7-5-4-6-8-19/h4-13,27H,3,14-15H2,1-2H3,(H,28,29). The van der Waals surface area contributed by atoms with Crippen LogP contribution in [0.5, 0.6) is 11.5 Å². The molecule has 7 heteroatoms. The number of ether oxygens (including phenoxy) is 2. The highest BCUT2D eigenvalue weighted by atomic mass is 79.9. The predicted octanol–water partition coefficient (Wildman–Crippen LogP) is 6.55. The molecular weight excluding hydrogens is 524 g/mol. The molecular formula is C24H24Br2N2O3. The lowest BCUT2D eigenvalue weighted by molar-refractivity contribution is -0.118. The van der Waals surface area contributed by atoms with E-state index in [4.69, 9.17) is 9.47 Å². The van der Waals surface area contributed by atoms with E-state index < -0.39 is 0 Å². The van der Waals surface area contributed by atoms with E-state index in [0.29, 0.717) is 24.7 Å². The van der Waals surface area contributed by atoms with Crippen molar-refractivity contribution in [2.24, 2.45) is 0 Å². The maximum absolute atomic E-state index is 12.2. The fourth-order valence-electron chi connectivity index (χ4n) is 3.01. The van der Waals surface area contributed by atoms with Gasteiger partial charge in [-0.3, -0.25) is 4.79 Å². The first kappa shape index (κ1) is 23.2. The second-order valence-corrected chi connectivity index (χ2v) is 8.62. The average molecular weight is 548 g/mol. The van der Waals surface area contributed by atoms with Crippen molar-refractivity contribution in [3.8, 4) is 11.5 Å². The molecule has 0 heterocycles. The minimum absolute atomic E-state index is 0.122. The molecule has 0 spiro atoms. The van der Waals surface area contributed by atoms with Gasteiger partial charge < -0.3 is 20.1 Å². The van der Waals surface area contributed by atoms with Crippen LogP contribution in [0.25, 0.3) is 0 Å². The Morgan fingerprint density at radius 1 is 1.00 bits per heavy atom. The van der Waals surface area contributed by atoms with Gasteiger partial charge in [-0.15, -0.1) is 0 Å². The summed E-state index contributed by atoms with van der Waals surface area (Å²) in [4.78, 5) is 12.2. The Morgan fingerprint density at radius 3 is 2.48 bits per heavy atom. The normalized spacial score (nSPS) is 10.5. The lowest BCUT2D eigenvalue weighted by Gasteiger charge is -2.16. The minimum atomic E-state index is -0.239. The van der Waals surface area contributed by atoms with Gasteiger partial charge in [0.1, 0.15) is 0 Å². The number of nitrogens with one attached hydrogen (secondary N) is 2. The average Bonchev–Trinajstić information content (AvgIpc) is 2.73. The van der Waals surface area contributed by atoms with Gasteiger partial charge in [0.15, 0.2) is 18.1 Å². The number of halogens is 2. The molecule has 0 aliphatic carbocycles. The van der Waals surface area contributed by atoms with E-state index in [0.717, 1.165) is 31.4 Å². The maximum Gasteiger partial charge on any atom is 0.262 e. The number of anilines is 2. The van der Waals surface area contributed by atoms with Gasteiger partial charge >= 0.3 is 0 Å². The quantitative estimate of drug-likeness (QED) is 0.319. The molecule has 31 heavy (non-hydrogen) atoms. The third-order valence-corrected chi connectivity index (χ3v) is 5.53. The Balaban J connectivity index is 1.68. The van der Waals surface area contributed by atoms with Gasteiger partial charge in [0.25, 0.3) is 5.91 Å². The van der Waals surface area contributed by atoms with Crippen molar-refractivity contribution in [1.29, 1.82) is 0 Å². The molecule has 0 saturated carbocycles. The second kappa shape index (κ2) is 11.2. The summed E-state index contributed by atoms with van der Waals surface area (Å²) in [5.74, 6) is 0.861. The number of amides is 1. The molecule has 0 saturated heterocycles. The molecule has 3 aromatic rings. The van der Waals surface area contributed by atoms with Gasteiger partial charge in [-0.25, -0.2) is 0 Å². The molecule has 0 aliphatic heterocycles. The first-order chi connectivity index (χ1) is 15.0. The highest BCUT2D eigenvalue weighted by Crippen LogP contribution is 2.37. The summed E-state index contributed by atoms with van der Waals surface area (Å²) >= 11 is 7.05. The van der Waals surface area contributed by atoms with Crippen LogP contribution in [0.1, 0.15) is 18.1 Å². The summed E-state index contributed by atoms with van der Waals surface area (Å²) < 4.78 is 13.4. The van der Waals surface area contributed by atoms with Crippen molar-refractivity contribution in [3.63, 3.8) is 0 Å². The van der Waals surface area contributed by atoms with Gasteiger partial charge in [0, 0.05) is 22.4 Å². The first-order valence-corrected chi connectivity index (χ1v) is 11.5. The summed E-state index contributed by atoms with van der Waals surface area (Å²) in [5.41, 5.74) is 3.97. The molecule has 1 amide bonds. The number of carbonyl (C=O) groups is 1. The van der Waals surface area contributed by atoms with Crippen molar-refractivity contribution in [2.45, 2.75) is 20.4 Å². The third-order valence-electron chi connectivity index (χ3n) is 4.45. The summed E-state index contributed by atoms with van der Waals surface area (Å²) in [6.07, 6.45) is 0. The monoisotopic (exact) mass is 546 g/mol. The fourth-order valence-corrected chi connectivity index (χ4v) is 4.08. The molecule has 3 aromatic carbocycles. The topological polar surface area (TPSA) is 59.6 Å². The third kappa shape index (κ3) is 6.74. The molecule has 0 atom stereocenters. The zero-order chi connectivity index (χ0) is 22.2. The highest BCUT2D eigenvalue weighted by Gasteiger charge is 2.14. The van der Waals surface area contributed by atoms with Crippen LogP contribution in [0.4, 0.5) is 11.4 Å². The van der Waals surface area contributed by atoms with Crippen molar-refractivity contribution >= 4 is 49.1 Å². The Morgan fingerprint density at radius 2 is 1.77 bits per heavy atom. The number of hydrogen-bond donors (Lipinski definition) is 2. The molecule has 162 valence electrons. The van der Waals surface area contributed by atoms with E-state index in [1.54, 1.807) is 0 Å². The van der Waals surface area contributed by atoms with Crippen LogP contribution in [0.2, 0.25) is 0 Å². The van der Waals surface area contributed by atoms with E-state index >= 15 is 0 Å². The number of benzene rings is 3. The summed E-state index contributed by atoms with van der Waals surface area (Å²) in [5, 5.41) is 6.26. The summed E-state index contributed by atoms with van der Waals surface area (Å²) in [7, 11) is 0. The van der Waals surface area contributed by atoms with Crippen LogP contribution in [-0.4, -0.2) is 19.1 Å². The summed E-state index contributed by atoms with van der Waals surface area (Å²) in [6, 6.07) is 19.3. The van der Waals surface area contributed by atoms with Crippen molar-refractivity contribution in [3.05, 3.63) is 80.7 Å². The molecule has 0 aliphatic rings. The molecule has 0 aromatic heterocycles. The van der Waals surface area contributed by atoms with Gasteiger partial charge in [0.2, 0.25) is 0 Å². The van der Waals surface area contributed by atoms with Crippen LogP contribution >= 0.6 is 31.9 Å². The molecule has 0 radical (unpaired) electrons. The van der Waals surface area contributed by atoms with Gasteiger partial charge in [-0.05, 0) is 83.4 Å². The predicted molar refractivity (Wildman–Crippen MR) is 132 cm³/mol. The Kier molecular flexibility index (Phi) is 8.37. The Hall–Kier alpha value is -2.51. The van der Waals surface area contributed by atoms with E-state index in [1.807, 2.05) is 61.5 Å². The smallest absolute Gasteiger partial charge is 0.262 e. The molecule has 3 rings (SSSR count). The van der Waals surface area contributed by atoms with E-state index in [9.17, 15) is 4.79 Å². The number of hydrogen-bond acceptors (Lipinski definition) is 4. The largest absolute Gasteiger partial charge is 0.490 e. The Bertz CT molecular complexity index is 1040. The van der Waals surface area contributed by atoms with Gasteiger partial charge in [-0.1, -0.05) is 34.1 Å². The van der Waals surface area contributed by atoms with E-state index in [1.165, 1.54) is 0 Å². The zero-order valence-electron chi connectivity index (χ0n) is 17.4. The van der Waals surface area contributed by atoms with E-state index in [-0.39, 0.29) is 12.5 Å². The van der Waals surface area contributed by atoms with Crippen LogP contribution in [0.15, 0.2) is 69.6 Å². The van der Waals surface area contributed by atoms with Crippen molar-refractivity contribution in [2.75, 3.05) is 23.8 Å². The second-order valence-electron chi connectivity index (χ2n) is 6.85. The number of para-hydroxylation sites is 1. The lowest BCUT2D eigenvalue weighted by Crippen LogP contribution is -2.20. The van der Waals surface area contributed by atoms with Crippen molar-refractivity contribution < 1.29 is 14.3 Å². The van der Waals surface area contributed by atoms with Crippen LogP contribution in [-0.2, 0) is 11.3 Å². The van der Waals surface area contributed by atoms with Crippen molar-refractivity contribution in [1.82, 2.24) is 0 Å². The number of carbonyl (C=O) groups excluding carboxylic acids is 1. The maximum atomic E-state index is 12.2. The van der Waals surface area contributed by atoms with Crippen LogP contribution in [0.3, 0.4) is 0 Å². The Labute approximate surface area is 199 Å².